The van der Waals surface area contributed by atoms with Crippen LogP contribution in [0.2, 0.25) is 0 Å². The average molecular weight is 378 g/mol. The molecule has 0 unspecified atom stereocenters. The Labute approximate surface area is 143 Å². The molecule has 0 aliphatic heterocycles. The van der Waals surface area contributed by atoms with E-state index >= 15 is 0 Å². The van der Waals surface area contributed by atoms with Crippen molar-refractivity contribution < 1.29 is 46.5 Å². The smallest absolute Gasteiger partial charge is 0.346 e. The zero-order valence-electron chi connectivity index (χ0n) is 13.4. The summed E-state index contributed by atoms with van der Waals surface area (Å²) in [6, 6.07) is 0. The molecule has 12 nitrogen and oxygen atoms in total. The van der Waals surface area contributed by atoms with Crippen LogP contribution >= 0.6 is 0 Å². The highest BCUT2D eigenvalue weighted by atomic mass is 32.3. The van der Waals surface area contributed by atoms with Crippen molar-refractivity contribution in [3.63, 3.8) is 0 Å². The Bertz CT molecular complexity index is 735. The van der Waals surface area contributed by atoms with Gasteiger partial charge in [0.25, 0.3) is 0 Å². The Balaban J connectivity index is 0.000000368. The summed E-state index contributed by atoms with van der Waals surface area (Å²) in [6.07, 6.45) is 10.5. The van der Waals surface area contributed by atoms with Gasteiger partial charge in [0.1, 0.15) is 24.8 Å². The molecule has 25 heavy (non-hydrogen) atoms. The molecule has 2 heterocycles. The summed E-state index contributed by atoms with van der Waals surface area (Å²) in [4.78, 5) is 20.3. The largest absolute Gasteiger partial charge is 0.759 e. The molecule has 0 amide bonds. The van der Waals surface area contributed by atoms with Gasteiger partial charge in [0.15, 0.2) is 13.1 Å². The van der Waals surface area contributed by atoms with Crippen LogP contribution in [0.15, 0.2) is 37.4 Å². The number of aliphatic carboxylic acids is 2. The molecule has 140 valence electrons. The van der Waals surface area contributed by atoms with Crippen LogP contribution < -0.4 is 9.13 Å². The van der Waals surface area contributed by atoms with E-state index in [0.717, 1.165) is 0 Å². The van der Waals surface area contributed by atoms with Crippen molar-refractivity contribution >= 4 is 22.3 Å². The fraction of sp³-hybridized carbons (Fsp3) is 0.333. The quantitative estimate of drug-likeness (QED) is 0.332. The topological polar surface area (TPSA) is 172 Å². The highest BCUT2D eigenvalue weighted by Crippen LogP contribution is 1.82. The second kappa shape index (κ2) is 10.2. The number of aromatic nitrogens is 4. The molecule has 0 atom stereocenters. The maximum absolute atomic E-state index is 10.1. The maximum Gasteiger partial charge on any atom is 0.346 e. The minimum absolute atomic E-state index is 0.0286. The van der Waals surface area contributed by atoms with Gasteiger partial charge in [-0.3, -0.25) is 8.42 Å². The van der Waals surface area contributed by atoms with E-state index in [-0.39, 0.29) is 13.1 Å². The summed E-state index contributed by atoms with van der Waals surface area (Å²) in [5.74, 6) is -1.65. The highest BCUT2D eigenvalue weighted by Gasteiger charge is 2.04. The number of nitrogens with zero attached hydrogens (tertiary/aromatic N) is 4. The first-order chi connectivity index (χ1) is 11.4. The van der Waals surface area contributed by atoms with Crippen LogP contribution in [0.25, 0.3) is 0 Å². The Morgan fingerprint density at radius 3 is 1.36 bits per heavy atom. The predicted octanol–water partition coefficient (Wildman–Crippen LogP) is -2.54. The van der Waals surface area contributed by atoms with Crippen molar-refractivity contribution in [3.05, 3.63) is 37.4 Å². The van der Waals surface area contributed by atoms with E-state index in [1.165, 1.54) is 0 Å². The Kier molecular flexibility index (Phi) is 9.04. The first kappa shape index (κ1) is 22.2. The van der Waals surface area contributed by atoms with Crippen molar-refractivity contribution in [2.24, 2.45) is 14.1 Å². The van der Waals surface area contributed by atoms with Gasteiger partial charge in [-0.05, 0) is 0 Å². The SMILES string of the molecule is C[n+]1ccn(CC(=O)O)c1.C[n+]1ccn(CC(=O)O)c1.O=S(=O)([O-])[O-]. The first-order valence-electron chi connectivity index (χ1n) is 6.49. The fourth-order valence-corrected chi connectivity index (χ4v) is 1.50. The second-order valence-corrected chi connectivity index (χ2v) is 5.52. The lowest BCUT2D eigenvalue weighted by Gasteiger charge is -2.06. The third-order valence-corrected chi connectivity index (χ3v) is 2.28. The van der Waals surface area contributed by atoms with Crippen molar-refractivity contribution in [2.45, 2.75) is 13.1 Å². The van der Waals surface area contributed by atoms with Gasteiger partial charge in [-0.15, -0.1) is 0 Å². The lowest BCUT2D eigenvalue weighted by molar-refractivity contribution is -0.671. The van der Waals surface area contributed by atoms with Gasteiger partial charge in [-0.1, -0.05) is 0 Å². The van der Waals surface area contributed by atoms with E-state index < -0.39 is 22.3 Å². The number of rotatable bonds is 4. The van der Waals surface area contributed by atoms with E-state index in [9.17, 15) is 9.59 Å². The molecule has 2 aromatic rings. The summed E-state index contributed by atoms with van der Waals surface area (Å²) in [7, 11) is -1.48. The molecule has 0 bridgehead atoms. The molecule has 0 saturated carbocycles. The zero-order valence-corrected chi connectivity index (χ0v) is 14.2. The molecule has 0 fully saturated rings. The molecule has 0 saturated heterocycles. The summed E-state index contributed by atoms with van der Waals surface area (Å²) < 4.78 is 40.9. The third-order valence-electron chi connectivity index (χ3n) is 2.28. The maximum atomic E-state index is 10.1. The molecule has 0 radical (unpaired) electrons. The van der Waals surface area contributed by atoms with E-state index in [1.54, 1.807) is 55.7 Å². The standard InChI is InChI=1S/2C6H8N2O2.H2O4S/c2*1-7-2-3-8(5-7)4-6(9)10;1-5(2,3)4/h2*2-3,5H,4H2,1H3;(H2,1,2,3,4). The number of aryl methyl sites for hydroxylation is 2. The third kappa shape index (κ3) is 14.5. The van der Waals surface area contributed by atoms with Gasteiger partial charge in [-0.2, -0.15) is 0 Å². The van der Waals surface area contributed by atoms with E-state index in [0.29, 0.717) is 0 Å². The summed E-state index contributed by atoms with van der Waals surface area (Å²) in [5, 5.41) is 16.7. The van der Waals surface area contributed by atoms with Crippen molar-refractivity contribution in [3.8, 4) is 0 Å². The molecule has 2 rings (SSSR count). The normalized spacial score (nSPS) is 10.1. The lowest BCUT2D eigenvalue weighted by atomic mass is 10.6. The highest BCUT2D eigenvalue weighted by molar-refractivity contribution is 7.79. The minimum Gasteiger partial charge on any atom is -0.759 e. The van der Waals surface area contributed by atoms with Crippen LogP contribution in [0.3, 0.4) is 0 Å². The van der Waals surface area contributed by atoms with Crippen LogP contribution in [-0.4, -0.2) is 48.8 Å². The Morgan fingerprint density at radius 2 is 1.20 bits per heavy atom. The minimum atomic E-state index is -5.17. The van der Waals surface area contributed by atoms with Crippen LogP contribution in [0.1, 0.15) is 0 Å². The average Bonchev–Trinajstić information content (AvgIpc) is 2.96. The molecule has 0 aliphatic carbocycles. The van der Waals surface area contributed by atoms with Gasteiger partial charge < -0.3 is 19.3 Å². The number of hydrogen-bond donors (Lipinski definition) is 2. The van der Waals surface area contributed by atoms with Gasteiger partial charge >= 0.3 is 11.9 Å². The van der Waals surface area contributed by atoms with Gasteiger partial charge in [-0.25, -0.2) is 27.9 Å². The molecular weight excluding hydrogens is 360 g/mol. The monoisotopic (exact) mass is 378 g/mol. The fourth-order valence-electron chi connectivity index (χ4n) is 1.50. The molecule has 2 N–H and O–H groups in total. The van der Waals surface area contributed by atoms with E-state index in [4.69, 9.17) is 27.7 Å². The summed E-state index contributed by atoms with van der Waals surface area (Å²) in [5.41, 5.74) is 0. The van der Waals surface area contributed by atoms with Crippen LogP contribution in [-0.2, 0) is 47.2 Å². The molecule has 0 aromatic carbocycles. The molecule has 2 aromatic heterocycles. The molecule has 13 heteroatoms. The van der Waals surface area contributed by atoms with E-state index in [2.05, 4.69) is 0 Å². The number of carboxylic acid groups (broad SMARTS) is 2. The molecule has 0 spiro atoms. The number of carbonyl (C=O) groups is 2. The molecule has 0 aliphatic rings. The second-order valence-electron chi connectivity index (χ2n) is 4.70. The Hall–Kier alpha value is -2.77. The van der Waals surface area contributed by atoms with Crippen LogP contribution in [0, 0.1) is 0 Å². The molecular formula is C12H18N4O8S. The van der Waals surface area contributed by atoms with Crippen LogP contribution in [0.4, 0.5) is 0 Å². The van der Waals surface area contributed by atoms with Crippen molar-refractivity contribution in [2.75, 3.05) is 0 Å². The first-order valence-corrected chi connectivity index (χ1v) is 7.82. The summed E-state index contributed by atoms with van der Waals surface area (Å²) in [6.45, 7) is 0.0572. The van der Waals surface area contributed by atoms with Gasteiger partial charge in [0.2, 0.25) is 12.7 Å². The predicted molar refractivity (Wildman–Crippen MR) is 77.0 cm³/mol. The van der Waals surface area contributed by atoms with Crippen molar-refractivity contribution in [1.29, 1.82) is 0 Å². The van der Waals surface area contributed by atoms with E-state index in [1.807, 2.05) is 14.1 Å². The summed E-state index contributed by atoms with van der Waals surface area (Å²) >= 11 is 0. The zero-order chi connectivity index (χ0) is 19.6. The lowest BCUT2D eigenvalue weighted by Crippen LogP contribution is -2.24. The van der Waals surface area contributed by atoms with Crippen molar-refractivity contribution in [1.82, 2.24) is 9.13 Å². The number of carboxylic acids is 2. The van der Waals surface area contributed by atoms with Gasteiger partial charge in [0.05, 0.1) is 14.1 Å². The Morgan fingerprint density at radius 1 is 0.920 bits per heavy atom. The number of hydrogen-bond acceptors (Lipinski definition) is 6. The van der Waals surface area contributed by atoms with Gasteiger partial charge in [0, 0.05) is 10.4 Å². The number of imidazole rings is 2. The van der Waals surface area contributed by atoms with Crippen LogP contribution in [0.5, 0.6) is 0 Å².